The first kappa shape index (κ1) is 16.6. The van der Waals surface area contributed by atoms with Gasteiger partial charge in [-0.2, -0.15) is 8.78 Å². The van der Waals surface area contributed by atoms with Gasteiger partial charge in [0.25, 0.3) is 0 Å². The van der Waals surface area contributed by atoms with E-state index in [0.29, 0.717) is 10.6 Å². The molecule has 5 nitrogen and oxygen atoms in total. The quantitative estimate of drug-likeness (QED) is 0.801. The minimum atomic E-state index is -2.96. The van der Waals surface area contributed by atoms with Crippen molar-refractivity contribution in [1.82, 2.24) is 5.32 Å². The Labute approximate surface area is 120 Å². The van der Waals surface area contributed by atoms with Crippen LogP contribution in [0.1, 0.15) is 5.56 Å². The fraction of sp³-hybridized carbons (Fsp3) is 0.417. The summed E-state index contributed by atoms with van der Waals surface area (Å²) in [4.78, 5) is 11.6. The average molecular weight is 309 g/mol. The van der Waals surface area contributed by atoms with Crippen LogP contribution in [0, 0.1) is 0 Å². The number of rotatable bonds is 7. The van der Waals surface area contributed by atoms with E-state index in [0.717, 1.165) is 0 Å². The molecule has 3 N–H and O–H groups in total. The van der Waals surface area contributed by atoms with Crippen LogP contribution in [-0.4, -0.2) is 32.3 Å². The summed E-state index contributed by atoms with van der Waals surface area (Å²) in [6.07, 6.45) is 0. The maximum Gasteiger partial charge on any atom is 0.387 e. The molecule has 8 heteroatoms. The van der Waals surface area contributed by atoms with Crippen LogP contribution in [0.4, 0.5) is 8.78 Å². The molecule has 1 rings (SSSR count). The lowest BCUT2D eigenvalue weighted by Gasteiger charge is -2.14. The Kier molecular flexibility index (Phi) is 6.63. The van der Waals surface area contributed by atoms with Crippen molar-refractivity contribution in [2.45, 2.75) is 19.2 Å². The van der Waals surface area contributed by atoms with E-state index in [2.05, 4.69) is 10.1 Å². The molecular weight excluding hydrogens is 294 g/mol. The van der Waals surface area contributed by atoms with Crippen molar-refractivity contribution in [3.63, 3.8) is 0 Å². The molecule has 0 aliphatic rings. The molecule has 0 heterocycles. The number of carbonyl (C=O) groups excluding carboxylic acids is 1. The van der Waals surface area contributed by atoms with Crippen molar-refractivity contribution in [2.75, 3.05) is 13.7 Å². The molecule has 1 aromatic carbocycles. The van der Waals surface area contributed by atoms with Crippen molar-refractivity contribution in [3.05, 3.63) is 28.8 Å². The molecule has 0 aromatic heterocycles. The zero-order valence-corrected chi connectivity index (χ0v) is 11.5. The van der Waals surface area contributed by atoms with Gasteiger partial charge in [-0.05, 0) is 18.2 Å². The van der Waals surface area contributed by atoms with Crippen molar-refractivity contribution >= 4 is 17.5 Å². The molecule has 1 unspecified atom stereocenters. The van der Waals surface area contributed by atoms with Gasteiger partial charge in [-0.1, -0.05) is 11.6 Å². The van der Waals surface area contributed by atoms with E-state index >= 15 is 0 Å². The largest absolute Gasteiger partial charge is 0.434 e. The summed E-state index contributed by atoms with van der Waals surface area (Å²) in [5.74, 6) is -0.514. The molecule has 20 heavy (non-hydrogen) atoms. The first-order valence-electron chi connectivity index (χ1n) is 5.69. The zero-order chi connectivity index (χ0) is 15.1. The average Bonchev–Trinajstić information content (AvgIpc) is 2.38. The number of nitrogens with one attached hydrogen (secondary N) is 1. The molecular formula is C12H15ClF2N2O3. The summed E-state index contributed by atoms with van der Waals surface area (Å²) in [5.41, 5.74) is 5.86. The van der Waals surface area contributed by atoms with Gasteiger partial charge in [0.05, 0.1) is 6.61 Å². The Balaban J connectivity index is 2.70. The van der Waals surface area contributed by atoms with Crippen LogP contribution in [0.15, 0.2) is 18.2 Å². The van der Waals surface area contributed by atoms with Crippen LogP contribution in [0.5, 0.6) is 5.75 Å². The number of hydrogen-bond acceptors (Lipinski definition) is 4. The predicted molar refractivity (Wildman–Crippen MR) is 69.8 cm³/mol. The Hall–Kier alpha value is -1.44. The third-order valence-corrected chi connectivity index (χ3v) is 2.61. The number of ether oxygens (including phenoxy) is 2. The van der Waals surface area contributed by atoms with Crippen molar-refractivity contribution < 1.29 is 23.0 Å². The van der Waals surface area contributed by atoms with Crippen LogP contribution >= 0.6 is 11.6 Å². The SMILES string of the molecule is COCC(N)C(=O)NCc1cc(Cl)ccc1OC(F)F. The topological polar surface area (TPSA) is 73.6 Å². The Morgan fingerprint density at radius 3 is 2.80 bits per heavy atom. The first-order chi connectivity index (χ1) is 9.43. The predicted octanol–water partition coefficient (Wildman–Crippen LogP) is 1.53. The van der Waals surface area contributed by atoms with Gasteiger partial charge < -0.3 is 20.5 Å². The van der Waals surface area contributed by atoms with Crippen LogP contribution in [0.3, 0.4) is 0 Å². The van der Waals surface area contributed by atoms with Gasteiger partial charge in [-0.3, -0.25) is 4.79 Å². The van der Waals surface area contributed by atoms with Crippen LogP contribution in [0.25, 0.3) is 0 Å². The third-order valence-electron chi connectivity index (χ3n) is 2.37. The van der Waals surface area contributed by atoms with E-state index in [4.69, 9.17) is 22.1 Å². The van der Waals surface area contributed by atoms with Crippen LogP contribution in [0.2, 0.25) is 5.02 Å². The maximum atomic E-state index is 12.2. The highest BCUT2D eigenvalue weighted by molar-refractivity contribution is 6.30. The molecule has 0 bridgehead atoms. The number of hydrogen-bond donors (Lipinski definition) is 2. The molecule has 1 amide bonds. The summed E-state index contributed by atoms with van der Waals surface area (Å²) >= 11 is 5.78. The fourth-order valence-corrected chi connectivity index (χ4v) is 1.66. The highest BCUT2D eigenvalue weighted by atomic mass is 35.5. The van der Waals surface area contributed by atoms with Crippen molar-refractivity contribution in [3.8, 4) is 5.75 Å². The molecule has 0 radical (unpaired) electrons. The second-order valence-corrected chi connectivity index (χ2v) is 4.35. The summed E-state index contributed by atoms with van der Waals surface area (Å²) in [7, 11) is 1.42. The molecule has 0 saturated heterocycles. The molecule has 0 saturated carbocycles. The van der Waals surface area contributed by atoms with Gasteiger partial charge in [0, 0.05) is 24.2 Å². The van der Waals surface area contributed by atoms with Gasteiger partial charge in [0.15, 0.2) is 0 Å². The molecule has 0 aliphatic carbocycles. The molecule has 0 fully saturated rings. The molecule has 1 atom stereocenters. The normalized spacial score (nSPS) is 12.3. The lowest BCUT2D eigenvalue weighted by atomic mass is 10.2. The van der Waals surface area contributed by atoms with E-state index in [1.54, 1.807) is 0 Å². The van der Waals surface area contributed by atoms with Gasteiger partial charge in [-0.25, -0.2) is 0 Å². The van der Waals surface area contributed by atoms with E-state index in [9.17, 15) is 13.6 Å². The van der Waals surface area contributed by atoms with E-state index < -0.39 is 18.6 Å². The standard InChI is InChI=1S/C12H15ClF2N2O3/c1-19-6-9(16)11(18)17-5-7-4-8(13)2-3-10(7)20-12(14)15/h2-4,9,12H,5-6,16H2,1H3,(H,17,18). The smallest absolute Gasteiger partial charge is 0.387 e. The fourth-order valence-electron chi connectivity index (χ4n) is 1.47. The van der Waals surface area contributed by atoms with Gasteiger partial charge in [-0.15, -0.1) is 0 Å². The molecule has 0 aliphatic heterocycles. The van der Waals surface area contributed by atoms with Gasteiger partial charge >= 0.3 is 6.61 Å². The summed E-state index contributed by atoms with van der Waals surface area (Å²) in [6, 6.07) is 3.33. The summed E-state index contributed by atoms with van der Waals surface area (Å²) in [5, 5.41) is 2.84. The molecule has 112 valence electrons. The minimum Gasteiger partial charge on any atom is -0.434 e. The van der Waals surface area contributed by atoms with Crippen LogP contribution in [-0.2, 0) is 16.1 Å². The number of benzene rings is 1. The lowest BCUT2D eigenvalue weighted by molar-refractivity contribution is -0.123. The maximum absolute atomic E-state index is 12.2. The first-order valence-corrected chi connectivity index (χ1v) is 6.07. The van der Waals surface area contributed by atoms with Gasteiger partial charge in [0.2, 0.25) is 5.91 Å². The number of nitrogens with two attached hydrogens (primary N) is 1. The number of halogens is 3. The minimum absolute atomic E-state index is 0.0289. The van der Waals surface area contributed by atoms with Crippen LogP contribution < -0.4 is 15.8 Å². The molecule has 0 spiro atoms. The number of alkyl halides is 2. The van der Waals surface area contributed by atoms with Crippen molar-refractivity contribution in [1.29, 1.82) is 0 Å². The number of methoxy groups -OCH3 is 1. The Bertz CT molecular complexity index is 460. The van der Waals surface area contributed by atoms with E-state index in [-0.39, 0.29) is 18.9 Å². The molecule has 1 aromatic rings. The van der Waals surface area contributed by atoms with E-state index in [1.807, 2.05) is 0 Å². The number of carbonyl (C=O) groups is 1. The second kappa shape index (κ2) is 7.98. The lowest BCUT2D eigenvalue weighted by Crippen LogP contribution is -2.43. The highest BCUT2D eigenvalue weighted by Crippen LogP contribution is 2.24. The van der Waals surface area contributed by atoms with E-state index in [1.165, 1.54) is 25.3 Å². The van der Waals surface area contributed by atoms with Crippen molar-refractivity contribution in [2.24, 2.45) is 5.73 Å². The Morgan fingerprint density at radius 1 is 1.50 bits per heavy atom. The Morgan fingerprint density at radius 2 is 2.20 bits per heavy atom. The number of amides is 1. The van der Waals surface area contributed by atoms with Gasteiger partial charge in [0.1, 0.15) is 11.8 Å². The third kappa shape index (κ3) is 5.28. The monoisotopic (exact) mass is 308 g/mol. The highest BCUT2D eigenvalue weighted by Gasteiger charge is 2.15. The second-order valence-electron chi connectivity index (χ2n) is 3.91. The zero-order valence-electron chi connectivity index (χ0n) is 10.7. The summed E-state index contributed by atoms with van der Waals surface area (Å²) < 4.78 is 33.6. The summed E-state index contributed by atoms with van der Waals surface area (Å²) in [6.45, 7) is -2.93.